The third kappa shape index (κ3) is 4.42. The minimum Gasteiger partial charge on any atom is -0.331 e. The summed E-state index contributed by atoms with van der Waals surface area (Å²) in [5.74, 6) is -0.752. The highest BCUT2D eigenvalue weighted by molar-refractivity contribution is 6.05. The monoisotopic (exact) mass is 521 g/mol. The van der Waals surface area contributed by atoms with E-state index in [2.05, 4.69) is 4.98 Å². The molecule has 0 spiro atoms. The van der Waals surface area contributed by atoms with Crippen LogP contribution >= 0.6 is 0 Å². The molecule has 0 N–H and O–H groups in total. The molecule has 1 fully saturated rings. The van der Waals surface area contributed by atoms with Crippen molar-refractivity contribution in [1.29, 1.82) is 5.26 Å². The van der Waals surface area contributed by atoms with Crippen molar-refractivity contribution in [2.75, 3.05) is 22.9 Å². The number of anilines is 2. The van der Waals surface area contributed by atoms with Gasteiger partial charge < -0.3 is 14.4 Å². The van der Waals surface area contributed by atoms with Crippen LogP contribution in [-0.4, -0.2) is 34.5 Å². The normalized spacial score (nSPS) is 18.6. The molecule has 10 heteroatoms. The Hall–Kier alpha value is -4.13. The average Bonchev–Trinajstić information content (AvgIpc) is 3.53. The molecule has 3 aromatic rings. The van der Waals surface area contributed by atoms with Gasteiger partial charge in [0.1, 0.15) is 5.82 Å². The maximum atomic E-state index is 14.2. The van der Waals surface area contributed by atoms with Crippen molar-refractivity contribution in [1.82, 2.24) is 9.55 Å². The molecule has 1 saturated heterocycles. The van der Waals surface area contributed by atoms with Crippen molar-refractivity contribution in [2.24, 2.45) is 5.92 Å². The number of alkyl halides is 3. The first-order valence-electron chi connectivity index (χ1n) is 12.2. The third-order valence-corrected chi connectivity index (χ3v) is 7.39. The minimum atomic E-state index is -4.62. The van der Waals surface area contributed by atoms with Gasteiger partial charge >= 0.3 is 6.18 Å². The van der Waals surface area contributed by atoms with E-state index in [4.69, 9.17) is 0 Å². The molecule has 1 aromatic heterocycles. The predicted octanol–water partition coefficient (Wildman–Crippen LogP) is 4.81. The highest BCUT2D eigenvalue weighted by Gasteiger charge is 2.45. The number of aromatic nitrogens is 2. The van der Waals surface area contributed by atoms with E-state index in [1.54, 1.807) is 54.2 Å². The minimum absolute atomic E-state index is 0.00578. The number of imidazole rings is 1. The van der Waals surface area contributed by atoms with Crippen molar-refractivity contribution in [2.45, 2.75) is 45.3 Å². The van der Waals surface area contributed by atoms with Gasteiger partial charge in [0, 0.05) is 55.2 Å². The van der Waals surface area contributed by atoms with E-state index in [9.17, 15) is 28.0 Å². The molecule has 2 aliphatic rings. The van der Waals surface area contributed by atoms with Gasteiger partial charge in [-0.3, -0.25) is 9.59 Å². The number of nitrogens with zero attached hydrogens (tertiary/aromatic N) is 5. The van der Waals surface area contributed by atoms with Crippen LogP contribution in [0.4, 0.5) is 24.5 Å². The second kappa shape index (κ2) is 9.01. The number of hydrogen-bond acceptors (Lipinski definition) is 4. The molecule has 2 amide bonds. The topological polar surface area (TPSA) is 82.2 Å². The Morgan fingerprint density at radius 3 is 2.66 bits per heavy atom. The Morgan fingerprint density at radius 1 is 1.24 bits per heavy atom. The lowest BCUT2D eigenvalue weighted by Crippen LogP contribution is -2.39. The van der Waals surface area contributed by atoms with E-state index in [0.29, 0.717) is 22.6 Å². The lowest BCUT2D eigenvalue weighted by Gasteiger charge is -2.24. The van der Waals surface area contributed by atoms with E-state index >= 15 is 0 Å². The highest BCUT2D eigenvalue weighted by Crippen LogP contribution is 2.46. The number of aryl methyl sites for hydroxylation is 1. The Balaban J connectivity index is 1.49. The van der Waals surface area contributed by atoms with Crippen LogP contribution in [0, 0.1) is 24.2 Å². The molecule has 1 atom stereocenters. The zero-order valence-corrected chi connectivity index (χ0v) is 21.2. The number of rotatable bonds is 4. The smallest absolute Gasteiger partial charge is 0.331 e. The van der Waals surface area contributed by atoms with Crippen molar-refractivity contribution in [3.05, 3.63) is 76.9 Å². The molecule has 2 aromatic carbocycles. The summed E-state index contributed by atoms with van der Waals surface area (Å²) in [4.78, 5) is 33.5. The first-order valence-corrected chi connectivity index (χ1v) is 12.2. The number of nitriles is 1. The van der Waals surface area contributed by atoms with Crippen molar-refractivity contribution in [3.63, 3.8) is 0 Å². The van der Waals surface area contributed by atoms with Gasteiger partial charge in [-0.15, -0.1) is 0 Å². The van der Waals surface area contributed by atoms with Gasteiger partial charge in [-0.2, -0.15) is 18.4 Å². The fraction of sp³-hybridized carbons (Fsp3) is 0.357. The number of hydrogen-bond donors (Lipinski definition) is 0. The lowest BCUT2D eigenvalue weighted by molar-refractivity contribution is -0.138. The molecular weight excluding hydrogens is 495 g/mol. The van der Waals surface area contributed by atoms with Gasteiger partial charge in [-0.1, -0.05) is 26.0 Å². The summed E-state index contributed by atoms with van der Waals surface area (Å²) < 4.78 is 44.3. The number of benzene rings is 2. The number of carbonyl (C=O) groups excluding carboxylic acids is 2. The molecule has 38 heavy (non-hydrogen) atoms. The maximum absolute atomic E-state index is 14.2. The van der Waals surface area contributed by atoms with Gasteiger partial charge in [0.2, 0.25) is 11.8 Å². The van der Waals surface area contributed by atoms with E-state index in [1.165, 1.54) is 9.80 Å². The van der Waals surface area contributed by atoms with E-state index in [-0.39, 0.29) is 49.1 Å². The SMILES string of the molecule is Cc1nccn1Cc1cc2c(cc1C(F)(F)F)N(C(=O)C1CC(=O)N(c3cccc(C#N)c3)C1)CC2(C)C. The molecule has 196 valence electrons. The molecule has 0 radical (unpaired) electrons. The first kappa shape index (κ1) is 25.5. The van der Waals surface area contributed by atoms with Crippen molar-refractivity contribution < 1.29 is 22.8 Å². The second-order valence-corrected chi connectivity index (χ2v) is 10.5. The number of amides is 2. The molecule has 7 nitrogen and oxygen atoms in total. The molecule has 0 aliphatic carbocycles. The zero-order chi connectivity index (χ0) is 27.4. The summed E-state index contributed by atoms with van der Waals surface area (Å²) in [6.07, 6.45) is -1.49. The third-order valence-electron chi connectivity index (χ3n) is 7.39. The van der Waals surface area contributed by atoms with Gasteiger partial charge in [-0.05, 0) is 42.3 Å². The second-order valence-electron chi connectivity index (χ2n) is 10.5. The standard InChI is InChI=1S/C28H26F3N5O2/c1-17-33-7-8-34(17)14-19-10-23-24(12-22(19)28(29,30)31)36(16-27(23,2)3)26(38)20-11-25(37)35(15-20)21-6-4-5-18(9-21)13-32/h4-10,12,20H,11,14-16H2,1-3H3. The van der Waals surface area contributed by atoms with Crippen LogP contribution in [-0.2, 0) is 27.7 Å². The molecule has 0 saturated carbocycles. The van der Waals surface area contributed by atoms with Crippen LogP contribution in [0.3, 0.4) is 0 Å². The first-order chi connectivity index (χ1) is 17.9. The van der Waals surface area contributed by atoms with E-state index in [0.717, 1.165) is 6.07 Å². The maximum Gasteiger partial charge on any atom is 0.416 e. The predicted molar refractivity (Wildman–Crippen MR) is 135 cm³/mol. The number of halogens is 3. The van der Waals surface area contributed by atoms with E-state index in [1.807, 2.05) is 19.9 Å². The van der Waals surface area contributed by atoms with E-state index < -0.39 is 23.1 Å². The summed E-state index contributed by atoms with van der Waals surface area (Å²) in [6, 6.07) is 11.2. The molecule has 3 heterocycles. The zero-order valence-electron chi connectivity index (χ0n) is 21.2. The fourth-order valence-corrected chi connectivity index (χ4v) is 5.40. The lowest BCUT2D eigenvalue weighted by atomic mass is 9.85. The van der Waals surface area contributed by atoms with Gasteiger partial charge in [-0.25, -0.2) is 4.98 Å². The largest absolute Gasteiger partial charge is 0.416 e. The summed E-state index contributed by atoms with van der Waals surface area (Å²) in [5.41, 5.74) is 0.533. The Bertz CT molecular complexity index is 1480. The van der Waals surface area contributed by atoms with Gasteiger partial charge in [0.05, 0.1) is 23.1 Å². The Labute approximate surface area is 218 Å². The summed E-state index contributed by atoms with van der Waals surface area (Å²) >= 11 is 0. The van der Waals surface area contributed by atoms with Crippen LogP contribution in [0.5, 0.6) is 0 Å². The number of fused-ring (bicyclic) bond motifs is 1. The summed E-state index contributed by atoms with van der Waals surface area (Å²) in [6.45, 7) is 5.85. The molecule has 2 aliphatic heterocycles. The molecule has 5 rings (SSSR count). The Morgan fingerprint density at radius 2 is 2.00 bits per heavy atom. The number of carbonyl (C=O) groups is 2. The highest BCUT2D eigenvalue weighted by atomic mass is 19.4. The summed E-state index contributed by atoms with van der Waals surface area (Å²) in [7, 11) is 0. The molecule has 1 unspecified atom stereocenters. The van der Waals surface area contributed by atoms with Gasteiger partial charge in [0.15, 0.2) is 0 Å². The fourth-order valence-electron chi connectivity index (χ4n) is 5.40. The quantitative estimate of drug-likeness (QED) is 0.494. The molecule has 0 bridgehead atoms. The summed E-state index contributed by atoms with van der Waals surface area (Å²) in [5, 5.41) is 9.18. The van der Waals surface area contributed by atoms with Crippen molar-refractivity contribution >= 4 is 23.2 Å². The van der Waals surface area contributed by atoms with Crippen molar-refractivity contribution in [3.8, 4) is 6.07 Å². The van der Waals surface area contributed by atoms with Crippen LogP contribution in [0.1, 0.15) is 48.3 Å². The van der Waals surface area contributed by atoms with Crippen LogP contribution < -0.4 is 9.80 Å². The van der Waals surface area contributed by atoms with Crippen LogP contribution in [0.15, 0.2) is 48.8 Å². The van der Waals surface area contributed by atoms with Gasteiger partial charge in [0.25, 0.3) is 0 Å². The van der Waals surface area contributed by atoms with Crippen LogP contribution in [0.25, 0.3) is 0 Å². The molecular formula is C28H26F3N5O2. The Kier molecular flexibility index (Phi) is 6.05. The van der Waals surface area contributed by atoms with Crippen LogP contribution in [0.2, 0.25) is 0 Å². The average molecular weight is 522 g/mol.